The number of methoxy groups -OCH3 is 1. The third-order valence-corrected chi connectivity index (χ3v) is 5.06. The molecule has 0 aliphatic heterocycles. The van der Waals surface area contributed by atoms with Crippen LogP contribution in [-0.4, -0.2) is 27.5 Å². The van der Waals surface area contributed by atoms with Gasteiger partial charge in [-0.2, -0.15) is 0 Å². The van der Waals surface area contributed by atoms with Crippen LogP contribution in [-0.2, 0) is 4.79 Å². The van der Waals surface area contributed by atoms with Crippen molar-refractivity contribution in [1.82, 2.24) is 13.9 Å². The lowest BCUT2D eigenvalue weighted by Gasteiger charge is -2.08. The number of aromatic nitrogens is 3. The number of hydrogen-bond acceptors (Lipinski definition) is 6. The number of pyridine rings is 1. The molecule has 6 nitrogen and oxygen atoms in total. The van der Waals surface area contributed by atoms with Crippen LogP contribution in [0.2, 0.25) is 0 Å². The number of carbonyl (C=O) groups is 1. The average molecular weight is 374 g/mol. The first-order valence-electron chi connectivity index (χ1n) is 7.18. The number of rotatable bonds is 5. The summed E-state index contributed by atoms with van der Waals surface area (Å²) in [6.07, 6.45) is 2.19. The molecule has 0 fully saturated rings. The number of hydrogen-bond donors (Lipinski definition) is 1. The number of anilines is 1. The van der Waals surface area contributed by atoms with Gasteiger partial charge in [-0.1, -0.05) is 0 Å². The maximum Gasteiger partial charge on any atom is 0.212 e. The molecule has 4 rings (SSSR count). The van der Waals surface area contributed by atoms with E-state index in [0.29, 0.717) is 23.6 Å². The minimum Gasteiger partial charge on any atom is -0.496 e. The quantitative estimate of drug-likeness (QED) is 0.528. The van der Waals surface area contributed by atoms with Gasteiger partial charge in [0.05, 0.1) is 22.8 Å². The molecule has 3 heterocycles. The lowest BCUT2D eigenvalue weighted by Crippen LogP contribution is -1.97. The Bertz CT molecular complexity index is 1090. The van der Waals surface area contributed by atoms with Crippen molar-refractivity contribution in [2.24, 2.45) is 0 Å². The summed E-state index contributed by atoms with van der Waals surface area (Å²) in [5.41, 5.74) is 4.61. The molecule has 0 aliphatic rings. The van der Waals surface area contributed by atoms with Crippen molar-refractivity contribution in [3.05, 3.63) is 36.0 Å². The Hall–Kier alpha value is -2.65. The molecule has 4 aromatic rings. The van der Waals surface area contributed by atoms with E-state index in [2.05, 4.69) is 15.3 Å². The highest BCUT2D eigenvalue weighted by atomic mass is 32.2. The number of nitrogens with one attached hydrogen (secondary N) is 1. The van der Waals surface area contributed by atoms with E-state index in [1.54, 1.807) is 30.9 Å². The summed E-state index contributed by atoms with van der Waals surface area (Å²) >= 11 is 1.57. The van der Waals surface area contributed by atoms with E-state index in [1.165, 1.54) is 15.3 Å². The number of halogens is 1. The maximum atomic E-state index is 13.4. The highest BCUT2D eigenvalue weighted by Crippen LogP contribution is 2.40. The second-order valence-corrected chi connectivity index (χ2v) is 6.56. The SMILES string of the molecule is COc1cc2scnc2cc1-c1cn(SF)c2nc(NC=O)ccc12. The predicted octanol–water partition coefficient (Wildman–Crippen LogP) is 4.27. The highest BCUT2D eigenvalue weighted by Gasteiger charge is 2.17. The number of carbonyl (C=O) groups excluding carboxylic acids is 1. The van der Waals surface area contributed by atoms with Gasteiger partial charge in [0.25, 0.3) is 0 Å². The van der Waals surface area contributed by atoms with Crippen molar-refractivity contribution >= 4 is 57.1 Å². The Morgan fingerprint density at radius 1 is 1.36 bits per heavy atom. The number of ether oxygens (including phenoxy) is 1. The summed E-state index contributed by atoms with van der Waals surface area (Å²) in [5, 5.41) is 3.22. The molecule has 0 radical (unpaired) electrons. The molecule has 0 bridgehead atoms. The van der Waals surface area contributed by atoms with Gasteiger partial charge in [0, 0.05) is 28.8 Å². The first-order valence-corrected chi connectivity index (χ1v) is 8.73. The molecule has 0 unspecified atom stereocenters. The van der Waals surface area contributed by atoms with Crippen molar-refractivity contribution in [3.63, 3.8) is 0 Å². The summed E-state index contributed by atoms with van der Waals surface area (Å²) in [6.45, 7) is 0. The van der Waals surface area contributed by atoms with Crippen LogP contribution in [0.25, 0.3) is 32.4 Å². The first kappa shape index (κ1) is 15.9. The van der Waals surface area contributed by atoms with E-state index in [9.17, 15) is 8.68 Å². The highest BCUT2D eigenvalue weighted by molar-refractivity contribution is 7.92. The summed E-state index contributed by atoms with van der Waals surface area (Å²) < 4.78 is 21.2. The summed E-state index contributed by atoms with van der Waals surface area (Å²) in [6, 6.07) is 7.30. The number of amides is 1. The largest absolute Gasteiger partial charge is 0.496 e. The molecule has 9 heteroatoms. The molecular weight excluding hydrogens is 363 g/mol. The molecule has 0 spiro atoms. The molecule has 0 aliphatic carbocycles. The topological polar surface area (TPSA) is 69.0 Å². The zero-order valence-corrected chi connectivity index (χ0v) is 14.5. The van der Waals surface area contributed by atoms with Gasteiger partial charge in [0.1, 0.15) is 11.6 Å². The summed E-state index contributed by atoms with van der Waals surface area (Å²) in [5.74, 6) is 1.03. The van der Waals surface area contributed by atoms with Crippen molar-refractivity contribution in [1.29, 1.82) is 0 Å². The van der Waals surface area contributed by atoms with E-state index in [4.69, 9.17) is 4.74 Å². The molecule has 25 heavy (non-hydrogen) atoms. The van der Waals surface area contributed by atoms with Gasteiger partial charge in [0.2, 0.25) is 6.41 Å². The van der Waals surface area contributed by atoms with Gasteiger partial charge >= 0.3 is 0 Å². The number of benzene rings is 1. The van der Waals surface area contributed by atoms with Crippen LogP contribution in [0.4, 0.5) is 9.70 Å². The van der Waals surface area contributed by atoms with Gasteiger partial charge < -0.3 is 10.1 Å². The van der Waals surface area contributed by atoms with Crippen LogP contribution >= 0.6 is 23.7 Å². The Kier molecular flexibility index (Phi) is 4.02. The fraction of sp³-hybridized carbons (Fsp3) is 0.0625. The molecule has 0 atom stereocenters. The van der Waals surface area contributed by atoms with Gasteiger partial charge in [-0.3, -0.25) is 4.79 Å². The third-order valence-electron chi connectivity index (χ3n) is 3.84. The van der Waals surface area contributed by atoms with Gasteiger partial charge in [-0.25, -0.2) is 13.9 Å². The van der Waals surface area contributed by atoms with E-state index in [1.807, 2.05) is 12.1 Å². The number of fused-ring (bicyclic) bond motifs is 2. The van der Waals surface area contributed by atoms with Gasteiger partial charge in [-0.05, 0) is 18.2 Å². The molecule has 1 aromatic carbocycles. The fourth-order valence-electron chi connectivity index (χ4n) is 2.75. The molecule has 0 saturated heterocycles. The molecule has 1 amide bonds. The Morgan fingerprint density at radius 3 is 3.00 bits per heavy atom. The zero-order valence-electron chi connectivity index (χ0n) is 12.9. The summed E-state index contributed by atoms with van der Waals surface area (Å²) in [4.78, 5) is 19.2. The van der Waals surface area contributed by atoms with E-state index < -0.39 is 0 Å². The normalized spacial score (nSPS) is 11.1. The Labute approximate surface area is 150 Å². The van der Waals surface area contributed by atoms with Crippen molar-refractivity contribution < 1.29 is 13.4 Å². The smallest absolute Gasteiger partial charge is 0.212 e. The minimum atomic E-state index is 0.0430. The molecule has 0 saturated carbocycles. The van der Waals surface area contributed by atoms with Crippen LogP contribution in [0.1, 0.15) is 0 Å². The number of nitrogens with zero attached hydrogens (tertiary/aromatic N) is 3. The molecule has 1 N–H and O–H groups in total. The second kappa shape index (κ2) is 6.34. The molecule has 126 valence electrons. The monoisotopic (exact) mass is 374 g/mol. The lowest BCUT2D eigenvalue weighted by molar-refractivity contribution is -0.105. The minimum absolute atomic E-state index is 0.0430. The van der Waals surface area contributed by atoms with Crippen molar-refractivity contribution in [2.75, 3.05) is 12.4 Å². The van der Waals surface area contributed by atoms with Crippen LogP contribution < -0.4 is 10.1 Å². The third kappa shape index (κ3) is 2.61. The van der Waals surface area contributed by atoms with E-state index in [-0.39, 0.29) is 12.3 Å². The number of thiazole rings is 1. The second-order valence-electron chi connectivity index (χ2n) is 5.14. The first-order chi connectivity index (χ1) is 12.2. The maximum absolute atomic E-state index is 13.4. The standard InChI is InChI=1S/C16H11FN4O2S2/c1-23-13-5-14-12(19-8-24-14)4-10(13)11-6-21(25-17)16-9(11)2-3-15(20-16)18-7-22/h2-8H,1H3,(H,18,20,22). The predicted molar refractivity (Wildman–Crippen MR) is 98.7 cm³/mol. The fourth-order valence-corrected chi connectivity index (χ4v) is 3.78. The van der Waals surface area contributed by atoms with Crippen LogP contribution in [0.3, 0.4) is 0 Å². The molecular formula is C16H11FN4O2S2. The van der Waals surface area contributed by atoms with E-state index in [0.717, 1.165) is 26.7 Å². The Balaban J connectivity index is 1.99. The zero-order chi connectivity index (χ0) is 17.4. The average Bonchev–Trinajstić information content (AvgIpc) is 3.24. The van der Waals surface area contributed by atoms with Crippen LogP contribution in [0, 0.1) is 0 Å². The van der Waals surface area contributed by atoms with Crippen LogP contribution in [0.5, 0.6) is 5.75 Å². The lowest BCUT2D eigenvalue weighted by atomic mass is 10.0. The van der Waals surface area contributed by atoms with Gasteiger partial charge in [0.15, 0.2) is 18.0 Å². The molecule has 3 aromatic heterocycles. The summed E-state index contributed by atoms with van der Waals surface area (Å²) in [7, 11) is 1.60. The Morgan fingerprint density at radius 2 is 2.24 bits per heavy atom. The van der Waals surface area contributed by atoms with Crippen LogP contribution in [0.15, 0.2) is 36.0 Å². The van der Waals surface area contributed by atoms with Crippen molar-refractivity contribution in [2.45, 2.75) is 0 Å². The van der Waals surface area contributed by atoms with Gasteiger partial charge in [-0.15, -0.1) is 15.2 Å². The van der Waals surface area contributed by atoms with E-state index >= 15 is 0 Å². The van der Waals surface area contributed by atoms with Crippen molar-refractivity contribution in [3.8, 4) is 16.9 Å².